The van der Waals surface area contributed by atoms with E-state index in [0.29, 0.717) is 11.6 Å². The van der Waals surface area contributed by atoms with Crippen LogP contribution in [0.4, 0.5) is 5.69 Å². The number of hydrogen-bond acceptors (Lipinski definition) is 6. The van der Waals surface area contributed by atoms with Crippen LogP contribution in [0.15, 0.2) is 44.3 Å². The second-order valence-electron chi connectivity index (χ2n) is 6.14. The largest absolute Gasteiger partial charge is 0.438 e. The second kappa shape index (κ2) is 6.36. The van der Waals surface area contributed by atoms with Gasteiger partial charge in [-0.15, -0.1) is 10.2 Å². The molecule has 0 unspecified atom stereocenters. The minimum absolute atomic E-state index is 0.0746. The summed E-state index contributed by atoms with van der Waals surface area (Å²) in [7, 11) is -3.85. The number of nitrogens with one attached hydrogen (secondary N) is 1. The first-order valence-electron chi connectivity index (χ1n) is 7.80. The van der Waals surface area contributed by atoms with E-state index in [1.807, 2.05) is 39.8 Å². The maximum Gasteiger partial charge on any atom is 0.295 e. The van der Waals surface area contributed by atoms with Gasteiger partial charge in [0.25, 0.3) is 15.9 Å². The maximum absolute atomic E-state index is 12.5. The first-order chi connectivity index (χ1) is 11.8. The summed E-state index contributed by atoms with van der Waals surface area (Å²) in [6.45, 7) is 7.62. The van der Waals surface area contributed by atoms with E-state index in [9.17, 15) is 8.42 Å². The Morgan fingerprint density at radius 3 is 2.44 bits per heavy atom. The van der Waals surface area contributed by atoms with Crippen molar-refractivity contribution in [3.63, 3.8) is 0 Å². The van der Waals surface area contributed by atoms with Crippen LogP contribution in [0, 0.1) is 13.8 Å². The standard InChI is InChI=1S/C17H19N3O4S/c1-10(2)16-18-19-17(24-16)14-7-8-15(23-14)25(21,22)20-13-6-5-11(3)9-12(13)4/h5-10,20H,1-4H3. The number of aryl methyl sites for hydroxylation is 2. The minimum atomic E-state index is -3.85. The van der Waals surface area contributed by atoms with Crippen LogP contribution in [0.2, 0.25) is 0 Å². The summed E-state index contributed by atoms with van der Waals surface area (Å²) in [5.41, 5.74) is 2.38. The van der Waals surface area contributed by atoms with Gasteiger partial charge in [0, 0.05) is 5.92 Å². The molecular weight excluding hydrogens is 342 g/mol. The molecule has 1 N–H and O–H groups in total. The summed E-state index contributed by atoms with van der Waals surface area (Å²) in [6, 6.07) is 8.31. The van der Waals surface area contributed by atoms with E-state index in [-0.39, 0.29) is 22.7 Å². The second-order valence-corrected chi connectivity index (χ2v) is 7.76. The molecule has 8 heteroatoms. The Balaban J connectivity index is 1.87. The van der Waals surface area contributed by atoms with Crippen LogP contribution < -0.4 is 4.72 Å². The van der Waals surface area contributed by atoms with Gasteiger partial charge in [0.1, 0.15) is 0 Å². The van der Waals surface area contributed by atoms with Crippen LogP contribution in [0.1, 0.15) is 36.8 Å². The molecule has 132 valence electrons. The fourth-order valence-corrected chi connectivity index (χ4v) is 3.34. The summed E-state index contributed by atoms with van der Waals surface area (Å²) in [4.78, 5) is 0. The summed E-state index contributed by atoms with van der Waals surface area (Å²) in [6.07, 6.45) is 0. The lowest BCUT2D eigenvalue weighted by Gasteiger charge is -2.09. The molecule has 2 heterocycles. The SMILES string of the molecule is Cc1ccc(NS(=O)(=O)c2ccc(-c3nnc(C(C)C)o3)o2)c(C)c1. The highest BCUT2D eigenvalue weighted by atomic mass is 32.2. The maximum atomic E-state index is 12.5. The van der Waals surface area contributed by atoms with Gasteiger partial charge in [-0.05, 0) is 37.6 Å². The molecule has 2 aromatic heterocycles. The fraction of sp³-hybridized carbons (Fsp3) is 0.294. The Morgan fingerprint density at radius 1 is 1.04 bits per heavy atom. The molecule has 0 radical (unpaired) electrons. The molecule has 0 atom stereocenters. The topological polar surface area (TPSA) is 98.2 Å². The summed E-state index contributed by atoms with van der Waals surface area (Å²) in [5.74, 6) is 0.895. The zero-order chi connectivity index (χ0) is 18.2. The zero-order valence-corrected chi connectivity index (χ0v) is 15.2. The van der Waals surface area contributed by atoms with Gasteiger partial charge >= 0.3 is 0 Å². The van der Waals surface area contributed by atoms with E-state index in [0.717, 1.165) is 11.1 Å². The third-order valence-electron chi connectivity index (χ3n) is 3.62. The van der Waals surface area contributed by atoms with Gasteiger partial charge in [-0.3, -0.25) is 4.72 Å². The summed E-state index contributed by atoms with van der Waals surface area (Å²) in [5, 5.41) is 7.58. The van der Waals surface area contributed by atoms with E-state index < -0.39 is 10.0 Å². The molecule has 0 fully saturated rings. The minimum Gasteiger partial charge on any atom is -0.438 e. The first-order valence-corrected chi connectivity index (χ1v) is 9.28. The molecule has 25 heavy (non-hydrogen) atoms. The molecule has 0 aliphatic heterocycles. The Labute approximate surface area is 146 Å². The Bertz CT molecular complexity index is 1000. The van der Waals surface area contributed by atoms with Crippen molar-refractivity contribution in [3.8, 4) is 11.7 Å². The highest BCUT2D eigenvalue weighted by molar-refractivity contribution is 7.92. The van der Waals surface area contributed by atoms with Crippen molar-refractivity contribution >= 4 is 15.7 Å². The van der Waals surface area contributed by atoms with Crippen LogP contribution in [0.25, 0.3) is 11.7 Å². The highest BCUT2D eigenvalue weighted by Gasteiger charge is 2.22. The van der Waals surface area contributed by atoms with Crippen molar-refractivity contribution in [2.75, 3.05) is 4.72 Å². The summed E-state index contributed by atoms with van der Waals surface area (Å²) >= 11 is 0. The third kappa shape index (κ3) is 3.58. The van der Waals surface area contributed by atoms with E-state index in [4.69, 9.17) is 8.83 Å². The number of anilines is 1. The molecule has 0 aliphatic rings. The van der Waals surface area contributed by atoms with Gasteiger partial charge in [0.2, 0.25) is 11.0 Å². The van der Waals surface area contributed by atoms with Crippen molar-refractivity contribution in [1.82, 2.24) is 10.2 Å². The summed E-state index contributed by atoms with van der Waals surface area (Å²) < 4.78 is 38.5. The number of sulfonamides is 1. The quantitative estimate of drug-likeness (QED) is 0.741. The number of hydrogen-bond donors (Lipinski definition) is 1. The Morgan fingerprint density at radius 2 is 1.80 bits per heavy atom. The van der Waals surface area contributed by atoms with Gasteiger partial charge in [0.05, 0.1) is 5.69 Å². The van der Waals surface area contributed by atoms with E-state index in [2.05, 4.69) is 14.9 Å². The molecule has 1 aromatic carbocycles. The molecular formula is C17H19N3O4S. The van der Waals surface area contributed by atoms with Gasteiger partial charge in [-0.2, -0.15) is 8.42 Å². The van der Waals surface area contributed by atoms with Crippen molar-refractivity contribution in [2.24, 2.45) is 0 Å². The molecule has 3 aromatic rings. The molecule has 0 spiro atoms. The molecule has 7 nitrogen and oxygen atoms in total. The van der Waals surface area contributed by atoms with Crippen LogP contribution in [-0.4, -0.2) is 18.6 Å². The molecule has 0 saturated carbocycles. The third-order valence-corrected chi connectivity index (χ3v) is 4.86. The lowest BCUT2D eigenvalue weighted by molar-refractivity contribution is 0.429. The molecule has 0 aliphatic carbocycles. The van der Waals surface area contributed by atoms with Crippen molar-refractivity contribution in [1.29, 1.82) is 0 Å². The van der Waals surface area contributed by atoms with Crippen molar-refractivity contribution in [3.05, 3.63) is 47.3 Å². The van der Waals surface area contributed by atoms with Gasteiger partial charge < -0.3 is 8.83 Å². The average molecular weight is 361 g/mol. The van der Waals surface area contributed by atoms with Crippen LogP contribution >= 0.6 is 0 Å². The normalized spacial score (nSPS) is 11.9. The molecule has 0 bridgehead atoms. The predicted octanol–water partition coefficient (Wildman–Crippen LogP) is 3.87. The van der Waals surface area contributed by atoms with Gasteiger partial charge in [-0.25, -0.2) is 0 Å². The van der Waals surface area contributed by atoms with Crippen LogP contribution in [0.5, 0.6) is 0 Å². The van der Waals surface area contributed by atoms with Crippen molar-refractivity contribution < 1.29 is 17.3 Å². The lowest BCUT2D eigenvalue weighted by atomic mass is 10.1. The molecule has 0 saturated heterocycles. The first kappa shape index (κ1) is 17.2. The van der Waals surface area contributed by atoms with E-state index >= 15 is 0 Å². The van der Waals surface area contributed by atoms with Gasteiger partial charge in [0.15, 0.2) is 5.76 Å². The molecule has 0 amide bonds. The fourth-order valence-electron chi connectivity index (χ4n) is 2.27. The Hall–Kier alpha value is -2.61. The van der Waals surface area contributed by atoms with Crippen LogP contribution in [0.3, 0.4) is 0 Å². The van der Waals surface area contributed by atoms with Crippen molar-refractivity contribution in [2.45, 2.75) is 38.7 Å². The smallest absolute Gasteiger partial charge is 0.295 e. The highest BCUT2D eigenvalue weighted by Crippen LogP contribution is 2.27. The Kier molecular flexibility index (Phi) is 4.38. The van der Waals surface area contributed by atoms with Gasteiger partial charge in [-0.1, -0.05) is 31.5 Å². The number of nitrogens with zero attached hydrogens (tertiary/aromatic N) is 2. The number of aromatic nitrogens is 2. The predicted molar refractivity (Wildman–Crippen MR) is 92.8 cm³/mol. The van der Waals surface area contributed by atoms with E-state index in [1.165, 1.54) is 12.1 Å². The average Bonchev–Trinajstić information content (AvgIpc) is 3.18. The van der Waals surface area contributed by atoms with E-state index in [1.54, 1.807) is 6.07 Å². The molecule has 3 rings (SSSR count). The zero-order valence-electron chi connectivity index (χ0n) is 14.4. The van der Waals surface area contributed by atoms with Crippen LogP contribution in [-0.2, 0) is 10.0 Å². The number of benzene rings is 1. The number of furan rings is 1. The number of rotatable bonds is 5. The lowest BCUT2D eigenvalue weighted by Crippen LogP contribution is -2.13. The monoisotopic (exact) mass is 361 g/mol.